The Labute approximate surface area is 191 Å². The van der Waals surface area contributed by atoms with Gasteiger partial charge < -0.3 is 0 Å². The molecule has 3 heteroatoms. The van der Waals surface area contributed by atoms with Crippen molar-refractivity contribution in [2.45, 2.75) is 19.3 Å². The number of rotatable bonds is 2. The first-order valence-electron chi connectivity index (χ1n) is 9.39. The first kappa shape index (κ1) is 22.0. The third-order valence-corrected chi connectivity index (χ3v) is 4.93. The van der Waals surface area contributed by atoms with Crippen LogP contribution in [0.4, 0.5) is 0 Å². The zero-order chi connectivity index (χ0) is 20.5. The molecule has 0 atom stereocenters. The smallest absolute Gasteiger partial charge is 0.0253 e. The summed E-state index contributed by atoms with van der Waals surface area (Å²) in [5.74, 6) is 2.67. The van der Waals surface area contributed by atoms with Crippen molar-refractivity contribution in [2.75, 3.05) is 0 Å². The van der Waals surface area contributed by atoms with Gasteiger partial charge in [0, 0.05) is 6.42 Å². The molecule has 0 amide bonds. The summed E-state index contributed by atoms with van der Waals surface area (Å²) in [5, 5.41) is 2.66. The van der Waals surface area contributed by atoms with Crippen molar-refractivity contribution in [3.05, 3.63) is 102 Å². The predicted octanol–water partition coefficient (Wildman–Crippen LogP) is 7.56. The molecule has 0 radical (unpaired) electrons. The zero-order valence-corrected chi connectivity index (χ0v) is 19.9. The summed E-state index contributed by atoms with van der Waals surface area (Å²) in [4.78, 5) is 0. The molecule has 5 rings (SSSR count). The van der Waals surface area contributed by atoms with Gasteiger partial charge in [-0.1, -0.05) is 47.9 Å². The third-order valence-electron chi connectivity index (χ3n) is 4.93. The summed E-state index contributed by atoms with van der Waals surface area (Å²) in [7, 11) is 9.87. The van der Waals surface area contributed by atoms with E-state index in [-0.39, 0.29) is 0 Å². The van der Waals surface area contributed by atoms with Gasteiger partial charge in [0.05, 0.1) is 0 Å². The molecule has 0 N–H and O–H groups in total. The molecule has 1 aliphatic carbocycles. The van der Waals surface area contributed by atoms with Crippen LogP contribution in [-0.2, 0) is 33.7 Å². The van der Waals surface area contributed by atoms with Crippen LogP contribution in [0, 0.1) is 18.4 Å². The molecule has 0 unspecified atom stereocenters. The van der Waals surface area contributed by atoms with Crippen LogP contribution in [0.1, 0.15) is 23.1 Å². The monoisotopic (exact) mass is 492 g/mol. The van der Waals surface area contributed by atoms with Crippen molar-refractivity contribution in [3.63, 3.8) is 0 Å². The minimum absolute atomic E-state index is 0.826. The van der Waals surface area contributed by atoms with Gasteiger partial charge in [-0.15, -0.1) is 58.5 Å². The Morgan fingerprint density at radius 3 is 2.52 bits per heavy atom. The number of fused-ring (bicyclic) bond motifs is 4. The van der Waals surface area contributed by atoms with E-state index in [1.807, 2.05) is 6.07 Å². The second kappa shape index (κ2) is 11.5. The molecular weight excluding hydrogens is 474 g/mol. The number of benzene rings is 3. The Morgan fingerprint density at radius 1 is 0.966 bits per heavy atom. The van der Waals surface area contributed by atoms with Crippen molar-refractivity contribution in [2.24, 2.45) is 0 Å². The molecule has 0 heterocycles. The van der Waals surface area contributed by atoms with E-state index in [1.54, 1.807) is 0 Å². The first-order chi connectivity index (χ1) is 14.3. The molecule has 0 saturated heterocycles. The van der Waals surface area contributed by atoms with Crippen LogP contribution in [0.15, 0.2) is 78.9 Å². The van der Waals surface area contributed by atoms with Crippen molar-refractivity contribution >= 4 is 27.8 Å². The van der Waals surface area contributed by atoms with Gasteiger partial charge in [0.25, 0.3) is 0 Å². The summed E-state index contributed by atoms with van der Waals surface area (Å²) >= 11 is -0.826. The molecule has 29 heavy (non-hydrogen) atoms. The number of aryl methyl sites for hydroxylation is 1. The molecule has 0 fully saturated rings. The largest absolute Gasteiger partial charge is 0.179 e. The second-order valence-corrected chi connectivity index (χ2v) is 10.3. The number of hydrogen-bond donors (Lipinski definition) is 0. The van der Waals surface area contributed by atoms with Gasteiger partial charge in [0.15, 0.2) is 0 Å². The van der Waals surface area contributed by atoms with E-state index in [0.29, 0.717) is 0 Å². The van der Waals surface area contributed by atoms with Crippen LogP contribution in [0.3, 0.4) is 0 Å². The van der Waals surface area contributed by atoms with Gasteiger partial charge in [0.1, 0.15) is 0 Å². The van der Waals surface area contributed by atoms with E-state index in [1.165, 1.54) is 38.6 Å². The van der Waals surface area contributed by atoms with Gasteiger partial charge in [-0.3, -0.25) is 0 Å². The quantitative estimate of drug-likeness (QED) is 0.175. The van der Waals surface area contributed by atoms with Crippen LogP contribution < -0.4 is 0 Å². The maximum atomic E-state index is 5.24. The fraction of sp³-hybridized carbons (Fsp3) is 0.115. The van der Waals surface area contributed by atoms with Crippen LogP contribution in [0.25, 0.3) is 21.9 Å². The minimum atomic E-state index is -0.826. The number of terminal acetylenes is 1. The predicted molar refractivity (Wildman–Crippen MR) is 122 cm³/mol. The third kappa shape index (κ3) is 5.67. The Balaban J connectivity index is 0.000000146. The molecule has 0 aromatic heterocycles. The molecule has 0 nitrogen and oxygen atoms in total. The molecule has 0 bridgehead atoms. The van der Waals surface area contributed by atoms with E-state index in [9.17, 15) is 0 Å². The Hall–Kier alpha value is -1.71. The number of hydrogen-bond acceptors (Lipinski definition) is 0. The first-order valence-corrected chi connectivity index (χ1v) is 15.7. The fourth-order valence-electron chi connectivity index (χ4n) is 3.64. The maximum absolute atomic E-state index is 5.24. The Kier molecular flexibility index (Phi) is 8.70. The summed E-state index contributed by atoms with van der Waals surface area (Å²) in [6, 6.07) is 30.9. The summed E-state index contributed by atoms with van der Waals surface area (Å²) in [6.07, 6.45) is 8.10. The normalized spacial score (nSPS) is 10.4. The molecule has 1 aliphatic rings. The van der Waals surface area contributed by atoms with E-state index >= 15 is 0 Å². The number of halogens is 2. The molecular formula is C26H20Cl2Zr. The minimum Gasteiger partial charge on any atom is -0.179 e. The average molecular weight is 495 g/mol. The van der Waals surface area contributed by atoms with Crippen LogP contribution in [0.2, 0.25) is 0 Å². The maximum Gasteiger partial charge on any atom is -0.0253 e. The van der Waals surface area contributed by atoms with Gasteiger partial charge in [-0.2, -0.15) is 35.9 Å². The van der Waals surface area contributed by atoms with Gasteiger partial charge in [-0.05, 0) is 6.42 Å². The summed E-state index contributed by atoms with van der Waals surface area (Å²) in [5.41, 5.74) is 6.88. The molecule has 4 aromatic rings. The van der Waals surface area contributed by atoms with E-state index < -0.39 is 20.8 Å². The molecule has 0 aliphatic heterocycles. The molecule has 0 saturated carbocycles. The van der Waals surface area contributed by atoms with Crippen molar-refractivity contribution in [1.29, 1.82) is 0 Å². The van der Waals surface area contributed by atoms with E-state index in [0.717, 1.165) is 19.3 Å². The fourth-order valence-corrected chi connectivity index (χ4v) is 3.64. The van der Waals surface area contributed by atoms with Crippen molar-refractivity contribution < 1.29 is 20.8 Å². The van der Waals surface area contributed by atoms with E-state index in [2.05, 4.69) is 84.8 Å². The second-order valence-electron chi connectivity index (χ2n) is 6.62. The molecule has 4 aromatic carbocycles. The average Bonchev–Trinajstić information content (AvgIpc) is 3.35. The Morgan fingerprint density at radius 2 is 1.69 bits per heavy atom. The zero-order valence-electron chi connectivity index (χ0n) is 16.0. The van der Waals surface area contributed by atoms with Gasteiger partial charge in [-0.25, -0.2) is 0 Å². The van der Waals surface area contributed by atoms with E-state index in [4.69, 9.17) is 23.4 Å². The van der Waals surface area contributed by atoms with Gasteiger partial charge >= 0.3 is 37.9 Å². The molecule has 142 valence electrons. The SMILES string of the molecule is C#CCC[c-]1ccc2ccccc21.[Cl][Zr+2][Cl].[c-]1cccc2c1Cc1ccccc1-2. The van der Waals surface area contributed by atoms with Crippen LogP contribution >= 0.6 is 17.0 Å². The topological polar surface area (TPSA) is 0 Å². The molecule has 0 spiro atoms. The summed E-state index contributed by atoms with van der Waals surface area (Å²) < 4.78 is 0. The van der Waals surface area contributed by atoms with Crippen LogP contribution in [-0.4, -0.2) is 0 Å². The Bertz CT molecular complexity index is 1060. The standard InChI is InChI=1S/C13H9.C13H11.2ClH.Zr/c1-3-7-12-10(5-1)9-11-6-2-4-8-13(11)12;1-2-3-6-11-9-10-12-7-4-5-8-13(11)12;;;/h1-5,7-8H,9H2;1,4-5,7-10H,3,6H2;2*1H;/q2*-1;;;+4/p-2. The van der Waals surface area contributed by atoms with Gasteiger partial charge in [0.2, 0.25) is 0 Å². The van der Waals surface area contributed by atoms with Crippen molar-refractivity contribution in [3.8, 4) is 23.5 Å². The summed E-state index contributed by atoms with van der Waals surface area (Å²) in [6.45, 7) is 0. The van der Waals surface area contributed by atoms with Crippen LogP contribution in [0.5, 0.6) is 0 Å². The van der Waals surface area contributed by atoms with Crippen molar-refractivity contribution in [1.82, 2.24) is 0 Å².